The Morgan fingerprint density at radius 1 is 1.54 bits per heavy atom. The van der Waals surface area contributed by atoms with Crippen LogP contribution in [0.1, 0.15) is 39.5 Å². The van der Waals surface area contributed by atoms with Crippen molar-refractivity contribution < 1.29 is 9.53 Å². The number of ether oxygens (including phenoxy) is 1. The van der Waals surface area contributed by atoms with Crippen molar-refractivity contribution >= 4 is 5.97 Å². The summed E-state index contributed by atoms with van der Waals surface area (Å²) in [6, 6.07) is 0. The molecule has 13 heavy (non-hydrogen) atoms. The first-order chi connectivity index (χ1) is 6.20. The first kappa shape index (κ1) is 12.2. The van der Waals surface area contributed by atoms with E-state index in [1.54, 1.807) is 0 Å². The van der Waals surface area contributed by atoms with E-state index in [0.717, 1.165) is 0 Å². The minimum absolute atomic E-state index is 0.168. The third kappa shape index (κ3) is 7.57. The van der Waals surface area contributed by atoms with Crippen LogP contribution in [0.5, 0.6) is 0 Å². The Bertz CT molecular complexity index is 161. The zero-order valence-corrected chi connectivity index (χ0v) is 8.88. The van der Waals surface area contributed by atoms with Gasteiger partial charge in [0.15, 0.2) is 0 Å². The van der Waals surface area contributed by atoms with Crippen molar-refractivity contribution in [1.29, 1.82) is 0 Å². The van der Waals surface area contributed by atoms with Crippen LogP contribution in [0.3, 0.4) is 0 Å². The van der Waals surface area contributed by atoms with E-state index >= 15 is 0 Å². The Kier molecular flexibility index (Phi) is 7.36. The van der Waals surface area contributed by atoms with Crippen molar-refractivity contribution in [3.05, 3.63) is 12.2 Å². The molecule has 0 spiro atoms. The maximum absolute atomic E-state index is 10.7. The summed E-state index contributed by atoms with van der Waals surface area (Å²) in [5.41, 5.74) is 0. The van der Waals surface area contributed by atoms with E-state index in [9.17, 15) is 4.79 Å². The summed E-state index contributed by atoms with van der Waals surface area (Å²) in [6.07, 6.45) is 8.07. The molecule has 0 aromatic carbocycles. The van der Waals surface area contributed by atoms with Gasteiger partial charge in [-0.15, -0.1) is 0 Å². The average molecular weight is 184 g/mol. The van der Waals surface area contributed by atoms with Crippen LogP contribution in [0.2, 0.25) is 0 Å². The monoisotopic (exact) mass is 184 g/mol. The zero-order valence-electron chi connectivity index (χ0n) is 8.88. The quantitative estimate of drug-likeness (QED) is 0.468. The highest BCUT2D eigenvalue weighted by Crippen LogP contribution is 2.09. The van der Waals surface area contributed by atoms with Crippen LogP contribution in [0.25, 0.3) is 0 Å². The summed E-state index contributed by atoms with van der Waals surface area (Å²) in [5.74, 6) is 0.406. The van der Waals surface area contributed by atoms with Crippen LogP contribution in [-0.2, 0) is 9.53 Å². The Balaban J connectivity index is 3.52. The van der Waals surface area contributed by atoms with Crippen molar-refractivity contribution in [1.82, 2.24) is 0 Å². The molecule has 0 saturated heterocycles. The molecule has 0 N–H and O–H groups in total. The predicted molar refractivity (Wildman–Crippen MR) is 54.5 cm³/mol. The van der Waals surface area contributed by atoms with Gasteiger partial charge in [-0.3, -0.25) is 4.79 Å². The van der Waals surface area contributed by atoms with Crippen molar-refractivity contribution in [2.75, 3.05) is 7.11 Å². The second-order valence-corrected chi connectivity index (χ2v) is 3.33. The molecule has 0 rings (SSSR count). The number of allylic oxidation sites excluding steroid dienone is 1. The lowest BCUT2D eigenvalue weighted by Crippen LogP contribution is -1.97. The number of methoxy groups -OCH3 is 1. The van der Waals surface area contributed by atoms with Gasteiger partial charge in [0.25, 0.3) is 0 Å². The van der Waals surface area contributed by atoms with E-state index in [-0.39, 0.29) is 5.97 Å². The summed E-state index contributed by atoms with van der Waals surface area (Å²) in [5, 5.41) is 0. The smallest absolute Gasteiger partial charge is 0.309 e. The molecule has 1 atom stereocenters. The molecule has 2 heteroatoms. The number of esters is 1. The molecule has 76 valence electrons. The highest BCUT2D eigenvalue weighted by atomic mass is 16.5. The van der Waals surface area contributed by atoms with E-state index in [4.69, 9.17) is 0 Å². The van der Waals surface area contributed by atoms with Gasteiger partial charge >= 0.3 is 5.97 Å². The van der Waals surface area contributed by atoms with Crippen molar-refractivity contribution in [2.24, 2.45) is 5.92 Å². The molecule has 0 heterocycles. The summed E-state index contributed by atoms with van der Waals surface area (Å²) < 4.78 is 4.52. The first-order valence-electron chi connectivity index (χ1n) is 4.94. The number of carbonyl (C=O) groups excluding carboxylic acids is 1. The molecular weight excluding hydrogens is 164 g/mol. The number of hydrogen-bond acceptors (Lipinski definition) is 2. The lowest BCUT2D eigenvalue weighted by atomic mass is 10.0. The molecule has 0 aromatic rings. The molecule has 0 aromatic heterocycles. The highest BCUT2D eigenvalue weighted by Gasteiger charge is 1.97. The van der Waals surface area contributed by atoms with Crippen LogP contribution >= 0.6 is 0 Å². The summed E-state index contributed by atoms with van der Waals surface area (Å²) >= 11 is 0. The van der Waals surface area contributed by atoms with E-state index in [2.05, 4.69) is 24.7 Å². The molecule has 0 aliphatic carbocycles. The minimum Gasteiger partial charge on any atom is -0.469 e. The van der Waals surface area contributed by atoms with Gasteiger partial charge in [0.2, 0.25) is 0 Å². The summed E-state index contributed by atoms with van der Waals surface area (Å²) in [6.45, 7) is 4.36. The molecule has 0 fully saturated rings. The second-order valence-electron chi connectivity index (χ2n) is 3.33. The number of unbranched alkanes of at least 4 members (excludes halogenated alkanes) is 1. The Labute approximate surface area is 81.0 Å². The fourth-order valence-electron chi connectivity index (χ4n) is 1.10. The molecular formula is C11H20O2. The molecule has 0 amide bonds. The van der Waals surface area contributed by atoms with E-state index in [0.29, 0.717) is 12.3 Å². The SMILES string of the molecule is CCCCC(C)/C=C/CC(=O)OC. The van der Waals surface area contributed by atoms with Gasteiger partial charge < -0.3 is 4.74 Å². The topological polar surface area (TPSA) is 26.3 Å². The Hall–Kier alpha value is -0.790. The van der Waals surface area contributed by atoms with Crippen LogP contribution < -0.4 is 0 Å². The third-order valence-electron chi connectivity index (χ3n) is 1.99. The van der Waals surface area contributed by atoms with Gasteiger partial charge in [-0.05, 0) is 12.3 Å². The normalized spacial score (nSPS) is 13.2. The molecule has 0 radical (unpaired) electrons. The number of hydrogen-bond donors (Lipinski definition) is 0. The molecule has 0 aliphatic rings. The predicted octanol–water partition coefficient (Wildman–Crippen LogP) is 2.93. The molecule has 0 aliphatic heterocycles. The van der Waals surface area contributed by atoms with Crippen LogP contribution in [0.15, 0.2) is 12.2 Å². The fourth-order valence-corrected chi connectivity index (χ4v) is 1.10. The van der Waals surface area contributed by atoms with Gasteiger partial charge in [0.05, 0.1) is 13.5 Å². The van der Waals surface area contributed by atoms with E-state index in [1.165, 1.54) is 26.4 Å². The molecule has 2 nitrogen and oxygen atoms in total. The van der Waals surface area contributed by atoms with Crippen LogP contribution in [-0.4, -0.2) is 13.1 Å². The highest BCUT2D eigenvalue weighted by molar-refractivity contribution is 5.70. The third-order valence-corrected chi connectivity index (χ3v) is 1.99. The standard InChI is InChI=1S/C11H20O2/c1-4-5-7-10(2)8-6-9-11(12)13-3/h6,8,10H,4-5,7,9H2,1-3H3/b8-6+. The van der Waals surface area contributed by atoms with Crippen molar-refractivity contribution in [3.63, 3.8) is 0 Å². The van der Waals surface area contributed by atoms with Crippen molar-refractivity contribution in [3.8, 4) is 0 Å². The minimum atomic E-state index is -0.168. The van der Waals surface area contributed by atoms with E-state index < -0.39 is 0 Å². The molecule has 0 saturated carbocycles. The van der Waals surface area contributed by atoms with Gasteiger partial charge in [-0.25, -0.2) is 0 Å². The van der Waals surface area contributed by atoms with Crippen LogP contribution in [0.4, 0.5) is 0 Å². The Morgan fingerprint density at radius 3 is 2.77 bits per heavy atom. The lowest BCUT2D eigenvalue weighted by Gasteiger charge is -2.03. The van der Waals surface area contributed by atoms with Gasteiger partial charge in [-0.2, -0.15) is 0 Å². The zero-order chi connectivity index (χ0) is 10.1. The summed E-state index contributed by atoms with van der Waals surface area (Å²) in [7, 11) is 1.41. The lowest BCUT2D eigenvalue weighted by molar-refractivity contribution is -0.139. The fraction of sp³-hybridized carbons (Fsp3) is 0.727. The average Bonchev–Trinajstić information content (AvgIpc) is 2.14. The summed E-state index contributed by atoms with van der Waals surface area (Å²) in [4.78, 5) is 10.7. The van der Waals surface area contributed by atoms with Gasteiger partial charge in [-0.1, -0.05) is 38.8 Å². The van der Waals surface area contributed by atoms with Crippen molar-refractivity contribution in [2.45, 2.75) is 39.5 Å². The Morgan fingerprint density at radius 2 is 2.23 bits per heavy atom. The van der Waals surface area contributed by atoms with Crippen LogP contribution in [0, 0.1) is 5.92 Å². The number of rotatable bonds is 6. The van der Waals surface area contributed by atoms with E-state index in [1.807, 2.05) is 6.08 Å². The van der Waals surface area contributed by atoms with Gasteiger partial charge in [0, 0.05) is 0 Å². The maximum atomic E-state index is 10.7. The first-order valence-corrected chi connectivity index (χ1v) is 4.94. The number of carbonyl (C=O) groups is 1. The largest absolute Gasteiger partial charge is 0.469 e. The molecule has 0 bridgehead atoms. The molecule has 1 unspecified atom stereocenters. The van der Waals surface area contributed by atoms with Gasteiger partial charge in [0.1, 0.15) is 0 Å². The second kappa shape index (κ2) is 7.84. The maximum Gasteiger partial charge on any atom is 0.309 e.